The highest BCUT2D eigenvalue weighted by Gasteiger charge is 2.38. The number of likely N-dealkylation sites (tertiary alicyclic amines) is 1. The number of benzene rings is 1. The highest BCUT2D eigenvalue weighted by atomic mass is 32.2. The van der Waals surface area contributed by atoms with Gasteiger partial charge >= 0.3 is 0 Å². The lowest BCUT2D eigenvalue weighted by atomic mass is 9.79. The van der Waals surface area contributed by atoms with Gasteiger partial charge < -0.3 is 5.32 Å². The molecule has 4 rings (SSSR count). The Bertz CT molecular complexity index is 1060. The molecular weight excluding hydrogens is 462 g/mol. The third kappa shape index (κ3) is 5.96. The minimum Gasteiger partial charge on any atom is -0.350 e. The molecule has 3 aliphatic rings. The van der Waals surface area contributed by atoms with Crippen LogP contribution in [-0.2, 0) is 19.9 Å². The molecule has 8 nitrogen and oxygen atoms in total. The minimum absolute atomic E-state index is 0.00641. The van der Waals surface area contributed by atoms with Gasteiger partial charge in [0, 0.05) is 23.7 Å². The summed E-state index contributed by atoms with van der Waals surface area (Å²) < 4.78 is 51.4. The molecule has 184 valence electrons. The van der Waals surface area contributed by atoms with Crippen LogP contribution in [0.1, 0.15) is 68.1 Å². The van der Waals surface area contributed by atoms with Gasteiger partial charge in [-0.15, -0.1) is 0 Å². The van der Waals surface area contributed by atoms with Crippen molar-refractivity contribution in [3.05, 3.63) is 29.8 Å². The molecule has 2 aliphatic heterocycles. The van der Waals surface area contributed by atoms with Gasteiger partial charge in [-0.05, 0) is 63.4 Å². The number of sulfone groups is 1. The van der Waals surface area contributed by atoms with Crippen LogP contribution in [-0.4, -0.2) is 70.4 Å². The summed E-state index contributed by atoms with van der Waals surface area (Å²) in [6.07, 6.45) is 9.66. The molecule has 3 fully saturated rings. The van der Waals surface area contributed by atoms with Gasteiger partial charge in [0.2, 0.25) is 10.0 Å². The Morgan fingerprint density at radius 3 is 2.42 bits per heavy atom. The van der Waals surface area contributed by atoms with Gasteiger partial charge in [-0.25, -0.2) is 21.6 Å². The number of sulfonamides is 1. The van der Waals surface area contributed by atoms with Crippen LogP contribution in [0.3, 0.4) is 0 Å². The van der Waals surface area contributed by atoms with E-state index in [0.29, 0.717) is 12.1 Å². The van der Waals surface area contributed by atoms with E-state index in [4.69, 9.17) is 0 Å². The van der Waals surface area contributed by atoms with Crippen molar-refractivity contribution < 1.29 is 21.6 Å². The van der Waals surface area contributed by atoms with Crippen LogP contribution < -0.4 is 10.0 Å². The number of carbonyl (C=O) groups is 1. The minimum atomic E-state index is -3.92. The van der Waals surface area contributed by atoms with Gasteiger partial charge in [0.25, 0.3) is 5.91 Å². The van der Waals surface area contributed by atoms with Crippen LogP contribution in [0.5, 0.6) is 0 Å². The van der Waals surface area contributed by atoms with Crippen molar-refractivity contribution in [3.8, 4) is 0 Å². The molecule has 0 aromatic heterocycles. The Labute approximate surface area is 197 Å². The molecule has 1 atom stereocenters. The van der Waals surface area contributed by atoms with Crippen LogP contribution in [0.25, 0.3) is 0 Å². The molecule has 2 heterocycles. The first-order valence-corrected chi connectivity index (χ1v) is 15.4. The van der Waals surface area contributed by atoms with Gasteiger partial charge in [-0.2, -0.15) is 0 Å². The first kappa shape index (κ1) is 24.6. The zero-order valence-corrected chi connectivity index (χ0v) is 20.7. The van der Waals surface area contributed by atoms with Crippen LogP contribution in [0.4, 0.5) is 0 Å². The molecule has 0 radical (unpaired) electrons. The summed E-state index contributed by atoms with van der Waals surface area (Å²) in [5.74, 6) is -0.482. The summed E-state index contributed by atoms with van der Waals surface area (Å²) in [5.41, 5.74) is 0.287. The number of amides is 1. The molecule has 2 N–H and O–H groups in total. The van der Waals surface area contributed by atoms with E-state index in [-0.39, 0.29) is 34.3 Å². The topological polar surface area (TPSA) is 113 Å². The third-order valence-electron chi connectivity index (χ3n) is 7.35. The molecule has 0 bridgehead atoms. The standard InChI is InChI=1S/C23H35N3O5S2/c27-22(24-18-23(11-3-1-4-12-23)26-13-5-2-6-14-26)19-8-7-9-21(16-19)33(30,31)25-20-10-15-32(28,29)17-20/h7-9,16,20,25H,1-6,10-15,17-18H2,(H,24,27)/t20-/m0/s1. The summed E-state index contributed by atoms with van der Waals surface area (Å²) in [4.78, 5) is 15.5. The van der Waals surface area contributed by atoms with Gasteiger partial charge in [0.15, 0.2) is 9.84 Å². The number of hydrogen-bond donors (Lipinski definition) is 2. The van der Waals surface area contributed by atoms with E-state index in [1.807, 2.05) is 0 Å². The lowest BCUT2D eigenvalue weighted by Crippen LogP contribution is -2.58. The average molecular weight is 498 g/mol. The zero-order valence-electron chi connectivity index (χ0n) is 19.1. The Morgan fingerprint density at radius 1 is 1.06 bits per heavy atom. The molecular formula is C23H35N3O5S2. The van der Waals surface area contributed by atoms with Gasteiger partial charge in [-0.3, -0.25) is 9.69 Å². The molecule has 1 amide bonds. The second-order valence-corrected chi connectivity index (χ2v) is 13.7. The highest BCUT2D eigenvalue weighted by Crippen LogP contribution is 2.35. The zero-order chi connectivity index (χ0) is 23.5. The summed E-state index contributed by atoms with van der Waals surface area (Å²) in [5, 5.41) is 3.09. The van der Waals surface area contributed by atoms with E-state index in [9.17, 15) is 21.6 Å². The maximum atomic E-state index is 13.0. The Morgan fingerprint density at radius 2 is 1.76 bits per heavy atom. The van der Waals surface area contributed by atoms with Crippen LogP contribution in [0, 0.1) is 0 Å². The quantitative estimate of drug-likeness (QED) is 0.596. The van der Waals surface area contributed by atoms with Crippen LogP contribution in [0.2, 0.25) is 0 Å². The highest BCUT2D eigenvalue weighted by molar-refractivity contribution is 7.92. The van der Waals surface area contributed by atoms with E-state index < -0.39 is 25.9 Å². The van der Waals surface area contributed by atoms with Crippen molar-refractivity contribution in [2.24, 2.45) is 0 Å². The molecule has 33 heavy (non-hydrogen) atoms. The molecule has 2 saturated heterocycles. The Kier molecular flexibility index (Phi) is 7.47. The van der Waals surface area contributed by atoms with E-state index in [1.165, 1.54) is 50.7 Å². The van der Waals surface area contributed by atoms with Crippen molar-refractivity contribution in [1.29, 1.82) is 0 Å². The summed E-state index contributed by atoms with van der Waals surface area (Å²) >= 11 is 0. The monoisotopic (exact) mass is 497 g/mol. The van der Waals surface area contributed by atoms with Crippen molar-refractivity contribution >= 4 is 25.8 Å². The van der Waals surface area contributed by atoms with Crippen molar-refractivity contribution in [2.75, 3.05) is 31.1 Å². The fourth-order valence-electron chi connectivity index (χ4n) is 5.51. The van der Waals surface area contributed by atoms with Crippen molar-refractivity contribution in [2.45, 2.75) is 74.3 Å². The van der Waals surface area contributed by atoms with E-state index in [2.05, 4.69) is 14.9 Å². The van der Waals surface area contributed by atoms with E-state index in [0.717, 1.165) is 25.9 Å². The van der Waals surface area contributed by atoms with Crippen molar-refractivity contribution in [3.63, 3.8) is 0 Å². The average Bonchev–Trinajstić information content (AvgIpc) is 3.16. The number of nitrogens with one attached hydrogen (secondary N) is 2. The third-order valence-corrected chi connectivity index (χ3v) is 10.6. The molecule has 1 saturated carbocycles. The summed E-state index contributed by atoms with van der Waals surface area (Å²) in [7, 11) is -7.12. The van der Waals surface area contributed by atoms with Gasteiger partial charge in [0.05, 0.1) is 16.4 Å². The number of hydrogen-bond acceptors (Lipinski definition) is 6. The molecule has 10 heteroatoms. The second-order valence-electron chi connectivity index (χ2n) is 9.76. The largest absolute Gasteiger partial charge is 0.350 e. The SMILES string of the molecule is O=C(NCC1(N2CCCCC2)CCCCC1)c1cccc(S(=O)(=O)N[C@H]2CCS(=O)(=O)C2)c1. The maximum absolute atomic E-state index is 13.0. The number of piperidine rings is 1. The molecule has 0 unspecified atom stereocenters. The first-order chi connectivity index (χ1) is 15.7. The second kappa shape index (κ2) is 10.0. The molecule has 1 aromatic carbocycles. The molecule has 1 aromatic rings. The van der Waals surface area contributed by atoms with Crippen LogP contribution in [0.15, 0.2) is 29.2 Å². The van der Waals surface area contributed by atoms with Gasteiger partial charge in [-0.1, -0.05) is 31.7 Å². The molecule has 0 spiro atoms. The predicted molar refractivity (Wildman–Crippen MR) is 127 cm³/mol. The Hall–Kier alpha value is -1.49. The lowest BCUT2D eigenvalue weighted by molar-refractivity contribution is 0.0326. The first-order valence-electron chi connectivity index (χ1n) is 12.1. The van der Waals surface area contributed by atoms with E-state index >= 15 is 0 Å². The number of nitrogens with zero attached hydrogens (tertiary/aromatic N) is 1. The number of rotatable bonds is 7. The summed E-state index contributed by atoms with van der Waals surface area (Å²) in [6, 6.07) is 5.33. The number of carbonyl (C=O) groups excluding carboxylic acids is 1. The predicted octanol–water partition coefficient (Wildman–Crippen LogP) is 2.07. The normalized spacial score (nSPS) is 25.5. The maximum Gasteiger partial charge on any atom is 0.251 e. The van der Waals surface area contributed by atoms with Crippen molar-refractivity contribution in [1.82, 2.24) is 14.9 Å². The Balaban J connectivity index is 1.43. The van der Waals surface area contributed by atoms with Gasteiger partial charge in [0.1, 0.15) is 0 Å². The smallest absolute Gasteiger partial charge is 0.251 e. The van der Waals surface area contributed by atoms with Crippen LogP contribution >= 0.6 is 0 Å². The summed E-state index contributed by atoms with van der Waals surface area (Å²) in [6.45, 7) is 2.72. The fourth-order valence-corrected chi connectivity index (χ4v) is 8.60. The fraction of sp³-hybridized carbons (Fsp3) is 0.696. The lowest BCUT2D eigenvalue weighted by Gasteiger charge is -2.48. The molecule has 1 aliphatic carbocycles. The van der Waals surface area contributed by atoms with E-state index in [1.54, 1.807) is 12.1 Å².